The molecule has 0 radical (unpaired) electrons. The molecule has 2 atom stereocenters. The van der Waals surface area contributed by atoms with Gasteiger partial charge in [-0.3, -0.25) is 4.79 Å². The highest BCUT2D eigenvalue weighted by Gasteiger charge is 2.46. The summed E-state index contributed by atoms with van der Waals surface area (Å²) in [5, 5.41) is 3.39. The third kappa shape index (κ3) is 2.79. The zero-order chi connectivity index (χ0) is 14.0. The number of rotatable bonds is 3. The van der Waals surface area contributed by atoms with Crippen molar-refractivity contribution in [2.24, 2.45) is 11.3 Å². The minimum atomic E-state index is -0.159. The van der Waals surface area contributed by atoms with Crippen molar-refractivity contribution in [3.63, 3.8) is 0 Å². The number of likely N-dealkylation sites (N-methyl/N-ethyl adjacent to an activating group) is 1. The van der Waals surface area contributed by atoms with E-state index < -0.39 is 0 Å². The van der Waals surface area contributed by atoms with Crippen molar-refractivity contribution in [2.75, 3.05) is 40.3 Å². The fourth-order valence-electron chi connectivity index (χ4n) is 3.51. The molecule has 0 bridgehead atoms. The zero-order valence-corrected chi connectivity index (χ0v) is 12.9. The van der Waals surface area contributed by atoms with E-state index in [1.165, 1.54) is 6.42 Å². The number of likely N-dealkylation sites (tertiary alicyclic amines) is 1. The van der Waals surface area contributed by atoms with Gasteiger partial charge in [0.25, 0.3) is 0 Å². The minimum Gasteiger partial charge on any atom is -0.341 e. The third-order valence-corrected chi connectivity index (χ3v) is 5.13. The van der Waals surface area contributed by atoms with Gasteiger partial charge in [-0.05, 0) is 45.8 Å². The summed E-state index contributed by atoms with van der Waals surface area (Å²) in [5.74, 6) is 0.800. The van der Waals surface area contributed by atoms with Gasteiger partial charge in [-0.2, -0.15) is 0 Å². The Balaban J connectivity index is 2.09. The summed E-state index contributed by atoms with van der Waals surface area (Å²) in [7, 11) is 4.24. The summed E-state index contributed by atoms with van der Waals surface area (Å²) < 4.78 is 0. The molecule has 2 fully saturated rings. The van der Waals surface area contributed by atoms with E-state index in [0.717, 1.165) is 39.0 Å². The first kappa shape index (κ1) is 14.8. The molecule has 0 aliphatic carbocycles. The predicted octanol–water partition coefficient (Wildman–Crippen LogP) is 1.17. The highest BCUT2D eigenvalue weighted by atomic mass is 16.2. The molecule has 2 unspecified atom stereocenters. The van der Waals surface area contributed by atoms with Crippen LogP contribution in [0.1, 0.15) is 33.1 Å². The number of hydrogen-bond donors (Lipinski definition) is 1. The Kier molecular flexibility index (Phi) is 4.51. The van der Waals surface area contributed by atoms with Crippen molar-refractivity contribution in [1.29, 1.82) is 0 Å². The monoisotopic (exact) mass is 267 g/mol. The molecule has 2 heterocycles. The van der Waals surface area contributed by atoms with E-state index in [1.807, 2.05) is 0 Å². The van der Waals surface area contributed by atoms with E-state index >= 15 is 0 Å². The molecule has 0 aromatic heterocycles. The SMILES string of the molecule is CC(C)C1(C(=O)N2CCCC(N(C)C)C2)CCNC1. The molecular formula is C15H29N3O. The minimum absolute atomic E-state index is 0.159. The zero-order valence-electron chi connectivity index (χ0n) is 12.9. The van der Waals surface area contributed by atoms with Crippen molar-refractivity contribution >= 4 is 5.91 Å². The molecule has 0 spiro atoms. The van der Waals surface area contributed by atoms with Crippen LogP contribution in [0.3, 0.4) is 0 Å². The van der Waals surface area contributed by atoms with Gasteiger partial charge in [0.05, 0.1) is 5.41 Å². The average Bonchev–Trinajstić information content (AvgIpc) is 2.88. The maximum atomic E-state index is 13.0. The largest absolute Gasteiger partial charge is 0.341 e. The van der Waals surface area contributed by atoms with Crippen molar-refractivity contribution in [3.05, 3.63) is 0 Å². The van der Waals surface area contributed by atoms with Crippen LogP contribution in [0.2, 0.25) is 0 Å². The summed E-state index contributed by atoms with van der Waals surface area (Å²) >= 11 is 0. The smallest absolute Gasteiger partial charge is 0.230 e. The van der Waals surface area contributed by atoms with Crippen LogP contribution >= 0.6 is 0 Å². The van der Waals surface area contributed by atoms with Crippen LogP contribution in [0.4, 0.5) is 0 Å². The number of nitrogens with zero attached hydrogens (tertiary/aromatic N) is 2. The second-order valence-corrected chi connectivity index (χ2v) is 6.75. The highest BCUT2D eigenvalue weighted by molar-refractivity contribution is 5.84. The standard InChI is InChI=1S/C15H29N3O/c1-12(2)15(7-8-16-11-15)14(19)18-9-5-6-13(10-18)17(3)4/h12-13,16H,5-11H2,1-4H3. The van der Waals surface area contributed by atoms with Crippen LogP contribution in [-0.4, -0.2) is 62.0 Å². The molecule has 1 amide bonds. The van der Waals surface area contributed by atoms with Gasteiger partial charge in [0.15, 0.2) is 0 Å². The summed E-state index contributed by atoms with van der Waals surface area (Å²) in [6.45, 7) is 8.07. The van der Waals surface area contributed by atoms with E-state index in [9.17, 15) is 4.79 Å². The van der Waals surface area contributed by atoms with E-state index in [2.05, 4.69) is 43.1 Å². The number of hydrogen-bond acceptors (Lipinski definition) is 3. The lowest BCUT2D eigenvalue weighted by atomic mass is 9.75. The third-order valence-electron chi connectivity index (χ3n) is 5.13. The van der Waals surface area contributed by atoms with E-state index in [1.54, 1.807) is 0 Å². The van der Waals surface area contributed by atoms with Gasteiger partial charge in [0, 0.05) is 25.7 Å². The maximum absolute atomic E-state index is 13.0. The lowest BCUT2D eigenvalue weighted by molar-refractivity contribution is -0.145. The molecule has 2 aliphatic rings. The van der Waals surface area contributed by atoms with Crippen molar-refractivity contribution in [1.82, 2.24) is 15.1 Å². The molecule has 19 heavy (non-hydrogen) atoms. The fraction of sp³-hybridized carbons (Fsp3) is 0.933. The van der Waals surface area contributed by atoms with Gasteiger partial charge in [-0.1, -0.05) is 13.8 Å². The predicted molar refractivity (Wildman–Crippen MR) is 78.0 cm³/mol. The molecule has 4 heteroatoms. The number of piperidine rings is 1. The molecule has 1 N–H and O–H groups in total. The number of nitrogens with one attached hydrogen (secondary N) is 1. The fourth-order valence-corrected chi connectivity index (χ4v) is 3.51. The number of carbonyl (C=O) groups is 1. The van der Waals surface area contributed by atoms with Gasteiger partial charge >= 0.3 is 0 Å². The van der Waals surface area contributed by atoms with Gasteiger partial charge in [0.2, 0.25) is 5.91 Å². The lowest BCUT2D eigenvalue weighted by Crippen LogP contribution is -2.54. The molecule has 2 saturated heterocycles. The Bertz CT molecular complexity index is 321. The summed E-state index contributed by atoms with van der Waals surface area (Å²) in [5.41, 5.74) is -0.159. The first-order chi connectivity index (χ1) is 8.97. The summed E-state index contributed by atoms with van der Waals surface area (Å²) in [6, 6.07) is 0.524. The van der Waals surface area contributed by atoms with Crippen LogP contribution in [0.25, 0.3) is 0 Å². The van der Waals surface area contributed by atoms with Gasteiger partial charge in [-0.25, -0.2) is 0 Å². The Morgan fingerprint density at radius 1 is 1.42 bits per heavy atom. The average molecular weight is 267 g/mol. The molecule has 4 nitrogen and oxygen atoms in total. The van der Waals surface area contributed by atoms with Crippen molar-refractivity contribution in [3.8, 4) is 0 Å². The molecule has 2 aliphatic heterocycles. The summed E-state index contributed by atoms with van der Waals surface area (Å²) in [6.07, 6.45) is 3.34. The molecular weight excluding hydrogens is 238 g/mol. The molecule has 0 aromatic carbocycles. The van der Waals surface area contributed by atoms with Crippen molar-refractivity contribution < 1.29 is 4.79 Å². The Labute approximate surface area is 117 Å². The molecule has 110 valence electrons. The van der Waals surface area contributed by atoms with E-state index in [4.69, 9.17) is 0 Å². The van der Waals surface area contributed by atoms with Crippen LogP contribution < -0.4 is 5.32 Å². The van der Waals surface area contributed by atoms with Gasteiger partial charge < -0.3 is 15.1 Å². The van der Waals surface area contributed by atoms with E-state index in [-0.39, 0.29) is 5.41 Å². The van der Waals surface area contributed by atoms with Gasteiger partial charge in [0.1, 0.15) is 0 Å². The topological polar surface area (TPSA) is 35.6 Å². The highest BCUT2D eigenvalue weighted by Crippen LogP contribution is 2.37. The first-order valence-electron chi connectivity index (χ1n) is 7.64. The molecule has 2 rings (SSSR count). The van der Waals surface area contributed by atoms with Gasteiger partial charge in [-0.15, -0.1) is 0 Å². The quantitative estimate of drug-likeness (QED) is 0.834. The second kappa shape index (κ2) is 5.80. The number of amides is 1. The molecule has 0 aromatic rings. The lowest BCUT2D eigenvalue weighted by Gasteiger charge is -2.42. The second-order valence-electron chi connectivity index (χ2n) is 6.75. The van der Waals surface area contributed by atoms with Crippen molar-refractivity contribution in [2.45, 2.75) is 39.2 Å². The normalized spacial score (nSPS) is 32.3. The Hall–Kier alpha value is -0.610. The number of carbonyl (C=O) groups excluding carboxylic acids is 1. The summed E-state index contributed by atoms with van der Waals surface area (Å²) in [4.78, 5) is 17.4. The molecule has 0 saturated carbocycles. The van der Waals surface area contributed by atoms with Crippen LogP contribution in [-0.2, 0) is 4.79 Å². The Morgan fingerprint density at radius 3 is 2.68 bits per heavy atom. The first-order valence-corrected chi connectivity index (χ1v) is 7.64. The Morgan fingerprint density at radius 2 is 2.16 bits per heavy atom. The van der Waals surface area contributed by atoms with Crippen LogP contribution in [0, 0.1) is 11.3 Å². The van der Waals surface area contributed by atoms with E-state index in [0.29, 0.717) is 17.9 Å². The maximum Gasteiger partial charge on any atom is 0.230 e. The van der Waals surface area contributed by atoms with Crippen LogP contribution in [0.5, 0.6) is 0 Å². The van der Waals surface area contributed by atoms with Crippen LogP contribution in [0.15, 0.2) is 0 Å².